The van der Waals surface area contributed by atoms with Crippen molar-refractivity contribution in [3.05, 3.63) is 42.4 Å². The lowest BCUT2D eigenvalue weighted by atomic mass is 10.3. The van der Waals surface area contributed by atoms with E-state index in [1.807, 2.05) is 37.3 Å². The van der Waals surface area contributed by atoms with Crippen LogP contribution >= 0.6 is 11.3 Å². The quantitative estimate of drug-likeness (QED) is 0.672. The lowest BCUT2D eigenvalue weighted by Crippen LogP contribution is -2.31. The summed E-state index contributed by atoms with van der Waals surface area (Å²) in [5, 5.41) is 0.715. The van der Waals surface area contributed by atoms with E-state index in [4.69, 9.17) is 9.15 Å². The van der Waals surface area contributed by atoms with Crippen LogP contribution in [0.1, 0.15) is 25.5 Å². The first-order chi connectivity index (χ1) is 11.7. The summed E-state index contributed by atoms with van der Waals surface area (Å²) in [5.41, 5.74) is 0.881. The highest BCUT2D eigenvalue weighted by Gasteiger charge is 2.35. The highest BCUT2D eigenvalue weighted by molar-refractivity contribution is 7.22. The molecule has 1 aromatic carbocycles. The SMILES string of the molecule is CCOc1ccc2nc(N(Cc3ccco3)C(=O)C3CC3)sc2c1. The van der Waals surface area contributed by atoms with Crippen molar-refractivity contribution in [3.8, 4) is 5.75 Å². The van der Waals surface area contributed by atoms with Crippen LogP contribution in [0.3, 0.4) is 0 Å². The predicted octanol–water partition coefficient (Wildman–Crippen LogP) is 4.23. The molecular formula is C18H18N2O3S. The Morgan fingerprint density at radius 1 is 1.42 bits per heavy atom. The van der Waals surface area contributed by atoms with Gasteiger partial charge in [0.15, 0.2) is 5.13 Å². The van der Waals surface area contributed by atoms with Gasteiger partial charge in [-0.3, -0.25) is 9.69 Å². The van der Waals surface area contributed by atoms with Gasteiger partial charge in [-0.2, -0.15) is 0 Å². The normalized spacial score (nSPS) is 14.0. The van der Waals surface area contributed by atoms with Gasteiger partial charge >= 0.3 is 0 Å². The van der Waals surface area contributed by atoms with E-state index < -0.39 is 0 Å². The molecule has 2 aromatic heterocycles. The summed E-state index contributed by atoms with van der Waals surface area (Å²) in [4.78, 5) is 19.1. The molecule has 1 amide bonds. The number of nitrogens with zero attached hydrogens (tertiary/aromatic N) is 2. The fraction of sp³-hybridized carbons (Fsp3) is 0.333. The van der Waals surface area contributed by atoms with Crippen LogP contribution in [0.4, 0.5) is 5.13 Å². The summed E-state index contributed by atoms with van der Waals surface area (Å²) < 4.78 is 12.0. The molecule has 4 rings (SSSR count). The fourth-order valence-corrected chi connectivity index (χ4v) is 3.61. The number of carbonyl (C=O) groups excluding carboxylic acids is 1. The minimum Gasteiger partial charge on any atom is -0.494 e. The van der Waals surface area contributed by atoms with E-state index in [0.717, 1.165) is 34.6 Å². The van der Waals surface area contributed by atoms with Gasteiger partial charge in [0.25, 0.3) is 0 Å². The average molecular weight is 342 g/mol. The molecule has 0 atom stereocenters. The van der Waals surface area contributed by atoms with Gasteiger partial charge in [-0.15, -0.1) is 0 Å². The Kier molecular flexibility index (Phi) is 3.98. The molecular weight excluding hydrogens is 324 g/mol. The van der Waals surface area contributed by atoms with Crippen molar-refractivity contribution < 1.29 is 13.9 Å². The smallest absolute Gasteiger partial charge is 0.232 e. The minimum absolute atomic E-state index is 0.131. The van der Waals surface area contributed by atoms with E-state index in [9.17, 15) is 4.79 Å². The molecule has 0 unspecified atom stereocenters. The van der Waals surface area contributed by atoms with Crippen molar-refractivity contribution in [1.29, 1.82) is 0 Å². The molecule has 1 saturated carbocycles. The first kappa shape index (κ1) is 15.2. The summed E-state index contributed by atoms with van der Waals surface area (Å²) in [6, 6.07) is 9.55. The van der Waals surface area contributed by atoms with Crippen LogP contribution in [0, 0.1) is 5.92 Å². The van der Waals surface area contributed by atoms with Crippen LogP contribution in [-0.4, -0.2) is 17.5 Å². The monoisotopic (exact) mass is 342 g/mol. The molecule has 1 aliphatic rings. The molecule has 0 N–H and O–H groups in total. The molecule has 0 spiro atoms. The second-order valence-corrected chi connectivity index (χ2v) is 6.85. The zero-order valence-corrected chi connectivity index (χ0v) is 14.2. The lowest BCUT2D eigenvalue weighted by molar-refractivity contribution is -0.120. The first-order valence-corrected chi connectivity index (χ1v) is 8.93. The van der Waals surface area contributed by atoms with Crippen LogP contribution in [0.2, 0.25) is 0 Å². The van der Waals surface area contributed by atoms with E-state index in [0.29, 0.717) is 18.3 Å². The van der Waals surface area contributed by atoms with Crippen molar-refractivity contribution in [2.45, 2.75) is 26.3 Å². The number of benzene rings is 1. The Morgan fingerprint density at radius 3 is 3.00 bits per heavy atom. The fourth-order valence-electron chi connectivity index (χ4n) is 2.61. The third-order valence-electron chi connectivity index (χ3n) is 3.98. The summed E-state index contributed by atoms with van der Waals surface area (Å²) in [5.74, 6) is 1.85. The van der Waals surface area contributed by atoms with Gasteiger partial charge in [0, 0.05) is 5.92 Å². The topological polar surface area (TPSA) is 55.6 Å². The number of fused-ring (bicyclic) bond motifs is 1. The molecule has 0 aliphatic heterocycles. The third kappa shape index (κ3) is 3.01. The second-order valence-electron chi connectivity index (χ2n) is 5.84. The van der Waals surface area contributed by atoms with Crippen molar-refractivity contribution in [2.75, 3.05) is 11.5 Å². The Hall–Kier alpha value is -2.34. The maximum absolute atomic E-state index is 12.7. The van der Waals surface area contributed by atoms with Gasteiger partial charge in [-0.25, -0.2) is 4.98 Å². The van der Waals surface area contributed by atoms with Gasteiger partial charge in [0.05, 0.1) is 29.6 Å². The van der Waals surface area contributed by atoms with E-state index in [-0.39, 0.29) is 11.8 Å². The zero-order valence-electron chi connectivity index (χ0n) is 13.4. The molecule has 2 heterocycles. The van der Waals surface area contributed by atoms with Crippen LogP contribution in [0.5, 0.6) is 5.75 Å². The predicted molar refractivity (Wildman–Crippen MR) is 93.4 cm³/mol. The molecule has 5 nitrogen and oxygen atoms in total. The van der Waals surface area contributed by atoms with Gasteiger partial charge in [0.2, 0.25) is 5.91 Å². The largest absolute Gasteiger partial charge is 0.494 e. The Bertz CT molecular complexity index is 852. The molecule has 0 bridgehead atoms. The number of anilines is 1. The van der Waals surface area contributed by atoms with Crippen molar-refractivity contribution in [2.24, 2.45) is 5.92 Å². The van der Waals surface area contributed by atoms with Crippen molar-refractivity contribution >= 4 is 32.6 Å². The second kappa shape index (κ2) is 6.28. The van der Waals surface area contributed by atoms with Crippen LogP contribution < -0.4 is 9.64 Å². The number of furan rings is 1. The van der Waals surface area contributed by atoms with E-state index in [1.165, 1.54) is 11.3 Å². The van der Waals surface area contributed by atoms with Gasteiger partial charge < -0.3 is 9.15 Å². The Labute approximate surface area is 143 Å². The zero-order chi connectivity index (χ0) is 16.5. The summed E-state index contributed by atoms with van der Waals surface area (Å²) in [6.45, 7) is 3.00. The van der Waals surface area contributed by atoms with Crippen molar-refractivity contribution in [1.82, 2.24) is 4.98 Å². The summed E-state index contributed by atoms with van der Waals surface area (Å²) in [7, 11) is 0. The molecule has 24 heavy (non-hydrogen) atoms. The molecule has 0 radical (unpaired) electrons. The number of hydrogen-bond donors (Lipinski definition) is 0. The molecule has 6 heteroatoms. The van der Waals surface area contributed by atoms with Crippen LogP contribution in [0.25, 0.3) is 10.2 Å². The van der Waals surface area contributed by atoms with Crippen molar-refractivity contribution in [3.63, 3.8) is 0 Å². The van der Waals surface area contributed by atoms with E-state index >= 15 is 0 Å². The Morgan fingerprint density at radius 2 is 2.29 bits per heavy atom. The number of hydrogen-bond acceptors (Lipinski definition) is 5. The lowest BCUT2D eigenvalue weighted by Gasteiger charge is -2.18. The Balaban J connectivity index is 1.68. The van der Waals surface area contributed by atoms with Crippen LogP contribution in [-0.2, 0) is 11.3 Å². The maximum atomic E-state index is 12.7. The maximum Gasteiger partial charge on any atom is 0.232 e. The summed E-state index contributed by atoms with van der Waals surface area (Å²) >= 11 is 1.51. The highest BCUT2D eigenvalue weighted by Crippen LogP contribution is 2.37. The molecule has 3 aromatic rings. The van der Waals surface area contributed by atoms with Gasteiger partial charge in [-0.1, -0.05) is 11.3 Å². The standard InChI is InChI=1S/C18H18N2O3S/c1-2-22-13-7-8-15-16(10-13)24-18(19-15)20(17(21)12-5-6-12)11-14-4-3-9-23-14/h3-4,7-10,12H,2,5-6,11H2,1H3. The van der Waals surface area contributed by atoms with Gasteiger partial charge in [-0.05, 0) is 50.1 Å². The number of ether oxygens (including phenoxy) is 1. The molecule has 1 aliphatic carbocycles. The number of carbonyl (C=O) groups is 1. The molecule has 1 fully saturated rings. The number of aromatic nitrogens is 1. The third-order valence-corrected chi connectivity index (χ3v) is 5.02. The number of thiazole rings is 1. The minimum atomic E-state index is 0.131. The van der Waals surface area contributed by atoms with Gasteiger partial charge in [0.1, 0.15) is 11.5 Å². The molecule has 124 valence electrons. The number of rotatable bonds is 6. The number of amides is 1. The molecule has 0 saturated heterocycles. The van der Waals surface area contributed by atoms with E-state index in [2.05, 4.69) is 4.98 Å². The summed E-state index contributed by atoms with van der Waals surface area (Å²) in [6.07, 6.45) is 3.56. The van der Waals surface area contributed by atoms with Crippen LogP contribution in [0.15, 0.2) is 41.0 Å². The first-order valence-electron chi connectivity index (χ1n) is 8.11. The van der Waals surface area contributed by atoms with E-state index in [1.54, 1.807) is 11.2 Å². The average Bonchev–Trinajstić information content (AvgIpc) is 3.14. The highest BCUT2D eigenvalue weighted by atomic mass is 32.1.